The van der Waals surface area contributed by atoms with Crippen LogP contribution in [0.4, 0.5) is 27.9 Å². The Balaban J connectivity index is 1.62. The maximum atomic E-state index is 13.3. The lowest BCUT2D eigenvalue weighted by Gasteiger charge is -2.35. The number of benzene rings is 1. The van der Waals surface area contributed by atoms with Crippen molar-refractivity contribution in [2.75, 3.05) is 22.2 Å². The van der Waals surface area contributed by atoms with Crippen molar-refractivity contribution in [3.05, 3.63) is 65.1 Å². The molecular weight excluding hydrogens is 432 g/mol. The Morgan fingerprint density at radius 3 is 2.53 bits per heavy atom. The van der Waals surface area contributed by atoms with Crippen molar-refractivity contribution in [2.24, 2.45) is 0 Å². The quantitative estimate of drug-likeness (QED) is 0.560. The number of carbonyl (C=O) groups excluding carboxylic acids is 2. The number of fused-ring (bicyclic) bond motifs is 1. The van der Waals surface area contributed by atoms with E-state index in [1.807, 2.05) is 52.8 Å². The highest BCUT2D eigenvalue weighted by Crippen LogP contribution is 2.32. The second-order valence-corrected chi connectivity index (χ2v) is 9.29. The van der Waals surface area contributed by atoms with Crippen LogP contribution in [-0.4, -0.2) is 39.6 Å². The predicted molar refractivity (Wildman–Crippen MR) is 131 cm³/mol. The maximum absolute atomic E-state index is 13.3. The Hall–Kier alpha value is -4.01. The van der Waals surface area contributed by atoms with Gasteiger partial charge in [0.1, 0.15) is 11.4 Å². The lowest BCUT2D eigenvalue weighted by Crippen LogP contribution is -2.46. The Labute approximate surface area is 198 Å². The Morgan fingerprint density at radius 2 is 1.85 bits per heavy atom. The number of aryl methyl sites for hydroxylation is 2. The summed E-state index contributed by atoms with van der Waals surface area (Å²) < 4.78 is 5.49. The molecule has 0 saturated heterocycles. The summed E-state index contributed by atoms with van der Waals surface area (Å²) in [6.45, 7) is 9.55. The standard InChI is InChI=1S/C25H28N6O3/c1-15-7-9-17(22(32)34-25(3,4)5)11-20(15)31-14-18-12-27-23(29-21(18)30(6)24(31)33)28-19-10-8-16(2)26-13-19/h7-13H,14H2,1-6H3,(H,27,28,29). The molecule has 0 bridgehead atoms. The maximum Gasteiger partial charge on any atom is 0.338 e. The van der Waals surface area contributed by atoms with Gasteiger partial charge in [-0.25, -0.2) is 14.6 Å². The van der Waals surface area contributed by atoms with E-state index >= 15 is 0 Å². The highest BCUT2D eigenvalue weighted by molar-refractivity contribution is 6.06. The Kier molecular flexibility index (Phi) is 5.95. The van der Waals surface area contributed by atoms with Gasteiger partial charge in [0.05, 0.1) is 24.0 Å². The van der Waals surface area contributed by atoms with Gasteiger partial charge in [-0.2, -0.15) is 4.98 Å². The molecule has 0 atom stereocenters. The molecule has 3 aromatic rings. The summed E-state index contributed by atoms with van der Waals surface area (Å²) >= 11 is 0. The number of amides is 2. The SMILES string of the molecule is Cc1ccc(Nc2ncc3c(n2)N(C)C(=O)N(c2cc(C(=O)OC(C)(C)C)ccc2C)C3)cn1. The van der Waals surface area contributed by atoms with Gasteiger partial charge in [0.25, 0.3) is 0 Å². The van der Waals surface area contributed by atoms with Crippen molar-refractivity contribution >= 4 is 35.1 Å². The summed E-state index contributed by atoms with van der Waals surface area (Å²) in [5, 5.41) is 3.12. The number of aromatic nitrogens is 3. The van der Waals surface area contributed by atoms with Crippen LogP contribution in [0.3, 0.4) is 0 Å². The van der Waals surface area contributed by atoms with Crippen molar-refractivity contribution in [1.82, 2.24) is 15.0 Å². The van der Waals surface area contributed by atoms with Crippen LogP contribution in [0, 0.1) is 13.8 Å². The molecule has 9 heteroatoms. The second kappa shape index (κ2) is 8.74. The molecule has 34 heavy (non-hydrogen) atoms. The molecular formula is C25H28N6O3. The summed E-state index contributed by atoms with van der Waals surface area (Å²) in [6.07, 6.45) is 3.41. The zero-order chi connectivity index (χ0) is 24.6. The molecule has 1 aliphatic heterocycles. The zero-order valence-electron chi connectivity index (χ0n) is 20.2. The van der Waals surface area contributed by atoms with Crippen molar-refractivity contribution in [1.29, 1.82) is 0 Å². The molecule has 1 N–H and O–H groups in total. The normalized spacial score (nSPS) is 13.5. The minimum absolute atomic E-state index is 0.251. The van der Waals surface area contributed by atoms with E-state index < -0.39 is 11.6 Å². The molecule has 0 unspecified atom stereocenters. The number of nitrogens with one attached hydrogen (secondary N) is 1. The number of esters is 1. The summed E-state index contributed by atoms with van der Waals surface area (Å²) in [7, 11) is 1.67. The summed E-state index contributed by atoms with van der Waals surface area (Å²) in [6, 6.07) is 8.75. The zero-order valence-corrected chi connectivity index (χ0v) is 20.2. The first-order valence-electron chi connectivity index (χ1n) is 11.0. The van der Waals surface area contributed by atoms with Gasteiger partial charge in [-0.15, -0.1) is 0 Å². The third kappa shape index (κ3) is 4.83. The first-order valence-corrected chi connectivity index (χ1v) is 11.0. The monoisotopic (exact) mass is 460 g/mol. The van der Waals surface area contributed by atoms with E-state index in [2.05, 4.69) is 20.3 Å². The van der Waals surface area contributed by atoms with Crippen molar-refractivity contribution < 1.29 is 14.3 Å². The van der Waals surface area contributed by atoms with Gasteiger partial charge in [-0.05, 0) is 64.4 Å². The Bertz CT molecular complexity index is 1250. The van der Waals surface area contributed by atoms with Gasteiger partial charge in [0.2, 0.25) is 5.95 Å². The molecule has 2 aromatic heterocycles. The van der Waals surface area contributed by atoms with Gasteiger partial charge in [0, 0.05) is 30.2 Å². The number of ether oxygens (including phenoxy) is 1. The predicted octanol–water partition coefficient (Wildman–Crippen LogP) is 4.76. The molecule has 0 spiro atoms. The molecule has 9 nitrogen and oxygen atoms in total. The molecule has 0 aliphatic carbocycles. The third-order valence-electron chi connectivity index (χ3n) is 5.31. The fourth-order valence-electron chi connectivity index (χ4n) is 3.59. The van der Waals surface area contributed by atoms with Crippen LogP contribution in [0.2, 0.25) is 0 Å². The lowest BCUT2D eigenvalue weighted by atomic mass is 10.1. The van der Waals surface area contributed by atoms with Gasteiger partial charge < -0.3 is 10.1 Å². The topological polar surface area (TPSA) is 101 Å². The van der Waals surface area contributed by atoms with Crippen LogP contribution in [0.25, 0.3) is 0 Å². The second-order valence-electron chi connectivity index (χ2n) is 9.29. The largest absolute Gasteiger partial charge is 0.456 e. The van der Waals surface area contributed by atoms with Crippen LogP contribution >= 0.6 is 0 Å². The molecule has 4 rings (SSSR count). The minimum atomic E-state index is -0.611. The van der Waals surface area contributed by atoms with E-state index in [1.165, 1.54) is 4.90 Å². The van der Waals surface area contributed by atoms with Crippen LogP contribution in [-0.2, 0) is 11.3 Å². The van der Waals surface area contributed by atoms with E-state index in [0.717, 1.165) is 22.5 Å². The highest BCUT2D eigenvalue weighted by atomic mass is 16.6. The molecule has 0 radical (unpaired) electrons. The van der Waals surface area contributed by atoms with Crippen LogP contribution in [0.15, 0.2) is 42.7 Å². The number of carbonyl (C=O) groups is 2. The molecule has 1 aromatic carbocycles. The van der Waals surface area contributed by atoms with Crippen LogP contribution in [0.5, 0.6) is 0 Å². The third-order valence-corrected chi connectivity index (χ3v) is 5.31. The van der Waals surface area contributed by atoms with Gasteiger partial charge in [-0.1, -0.05) is 6.07 Å². The number of pyridine rings is 1. The van der Waals surface area contributed by atoms with Crippen molar-refractivity contribution in [2.45, 2.75) is 46.8 Å². The van der Waals surface area contributed by atoms with E-state index in [0.29, 0.717) is 23.0 Å². The summed E-state index contributed by atoms with van der Waals surface area (Å²) in [5.41, 5.74) is 3.73. The van der Waals surface area contributed by atoms with Gasteiger partial charge >= 0.3 is 12.0 Å². The summed E-state index contributed by atoms with van der Waals surface area (Å²) in [5.74, 6) is 0.469. The molecule has 176 valence electrons. The minimum Gasteiger partial charge on any atom is -0.456 e. The fourth-order valence-corrected chi connectivity index (χ4v) is 3.59. The van der Waals surface area contributed by atoms with E-state index in [-0.39, 0.29) is 12.6 Å². The number of anilines is 4. The average molecular weight is 461 g/mol. The number of hydrogen-bond acceptors (Lipinski definition) is 7. The number of urea groups is 1. The van der Waals surface area contributed by atoms with E-state index in [4.69, 9.17) is 4.74 Å². The first kappa shape index (κ1) is 23.2. The highest BCUT2D eigenvalue weighted by Gasteiger charge is 2.32. The van der Waals surface area contributed by atoms with E-state index in [9.17, 15) is 9.59 Å². The van der Waals surface area contributed by atoms with Crippen molar-refractivity contribution in [3.8, 4) is 0 Å². The van der Waals surface area contributed by atoms with Crippen molar-refractivity contribution in [3.63, 3.8) is 0 Å². The van der Waals surface area contributed by atoms with Crippen LogP contribution in [0.1, 0.15) is 48.0 Å². The smallest absolute Gasteiger partial charge is 0.338 e. The lowest BCUT2D eigenvalue weighted by molar-refractivity contribution is 0.00695. The van der Waals surface area contributed by atoms with E-state index in [1.54, 1.807) is 36.5 Å². The first-order chi connectivity index (χ1) is 16.0. The van der Waals surface area contributed by atoms with Crippen LogP contribution < -0.4 is 15.1 Å². The molecule has 2 amide bonds. The van der Waals surface area contributed by atoms with Gasteiger partial charge in [0.15, 0.2) is 0 Å². The number of hydrogen-bond donors (Lipinski definition) is 1. The molecule has 3 heterocycles. The van der Waals surface area contributed by atoms with Gasteiger partial charge in [-0.3, -0.25) is 14.8 Å². The summed E-state index contributed by atoms with van der Waals surface area (Å²) in [4.78, 5) is 42.2. The average Bonchev–Trinajstić information content (AvgIpc) is 2.77. The number of rotatable bonds is 4. The molecule has 0 saturated carbocycles. The Morgan fingerprint density at radius 1 is 1.09 bits per heavy atom. The fraction of sp³-hybridized carbons (Fsp3) is 0.320. The number of nitrogens with zero attached hydrogens (tertiary/aromatic N) is 5. The molecule has 1 aliphatic rings. The molecule has 0 fully saturated rings.